The molecule has 0 heterocycles. The van der Waals surface area contributed by atoms with Crippen LogP contribution in [0.25, 0.3) is 0 Å². The van der Waals surface area contributed by atoms with Crippen molar-refractivity contribution in [3.63, 3.8) is 0 Å². The first-order valence-electron chi connectivity index (χ1n) is 7.30. The van der Waals surface area contributed by atoms with Gasteiger partial charge in [0.2, 0.25) is 0 Å². The summed E-state index contributed by atoms with van der Waals surface area (Å²) in [6.45, 7) is 0. The maximum absolute atomic E-state index is 13.6. The quantitative estimate of drug-likeness (QED) is 0.899. The number of methoxy groups -OCH3 is 1. The molecule has 3 atom stereocenters. The van der Waals surface area contributed by atoms with Gasteiger partial charge in [-0.25, -0.2) is 4.39 Å². The predicted octanol–water partition coefficient (Wildman–Crippen LogP) is 3.90. The van der Waals surface area contributed by atoms with Crippen molar-refractivity contribution >= 4 is 0 Å². The minimum Gasteiger partial charge on any atom is -0.494 e. The summed E-state index contributed by atoms with van der Waals surface area (Å²) in [5.74, 6) is 1.13. The number of hydrogen-bond acceptors (Lipinski definition) is 2. The Kier molecular flexibility index (Phi) is 3.93. The van der Waals surface area contributed by atoms with Crippen LogP contribution in [0.3, 0.4) is 0 Å². The van der Waals surface area contributed by atoms with Crippen molar-refractivity contribution in [1.82, 2.24) is 5.32 Å². The highest BCUT2D eigenvalue weighted by molar-refractivity contribution is 5.35. The zero-order valence-corrected chi connectivity index (χ0v) is 12.3. The highest BCUT2D eigenvalue weighted by atomic mass is 19.1. The van der Waals surface area contributed by atoms with Crippen molar-refractivity contribution in [2.45, 2.75) is 18.4 Å². The lowest BCUT2D eigenvalue weighted by Crippen LogP contribution is -2.19. The van der Waals surface area contributed by atoms with Gasteiger partial charge < -0.3 is 10.1 Å². The Morgan fingerprint density at radius 3 is 2.62 bits per heavy atom. The van der Waals surface area contributed by atoms with Crippen LogP contribution >= 0.6 is 0 Å². The molecule has 3 rings (SSSR count). The molecule has 0 aromatic heterocycles. The summed E-state index contributed by atoms with van der Waals surface area (Å²) in [7, 11) is 3.46. The molecule has 0 amide bonds. The molecule has 2 aromatic rings. The third-order valence-corrected chi connectivity index (χ3v) is 4.34. The number of nitrogens with one attached hydrogen (secondary N) is 1. The van der Waals surface area contributed by atoms with Crippen LogP contribution in [-0.2, 0) is 0 Å². The molecule has 21 heavy (non-hydrogen) atoms. The van der Waals surface area contributed by atoms with Crippen molar-refractivity contribution in [1.29, 1.82) is 0 Å². The molecule has 0 bridgehead atoms. The molecule has 0 spiro atoms. The van der Waals surface area contributed by atoms with Crippen LogP contribution in [0, 0.1) is 11.7 Å². The number of ether oxygens (including phenoxy) is 1. The molecule has 3 unspecified atom stereocenters. The van der Waals surface area contributed by atoms with Crippen molar-refractivity contribution in [2.24, 2.45) is 5.92 Å². The molecule has 1 aliphatic carbocycles. The van der Waals surface area contributed by atoms with Crippen LogP contribution in [-0.4, -0.2) is 14.2 Å². The number of benzene rings is 2. The Hall–Kier alpha value is -1.87. The van der Waals surface area contributed by atoms with Gasteiger partial charge in [-0.2, -0.15) is 0 Å². The summed E-state index contributed by atoms with van der Waals surface area (Å²) < 4.78 is 18.6. The van der Waals surface area contributed by atoms with E-state index in [4.69, 9.17) is 4.74 Å². The molecule has 1 fully saturated rings. The number of rotatable bonds is 5. The highest BCUT2D eigenvalue weighted by Crippen LogP contribution is 2.54. The second-order valence-electron chi connectivity index (χ2n) is 5.58. The summed E-state index contributed by atoms with van der Waals surface area (Å²) in [6, 6.07) is 15.9. The van der Waals surface area contributed by atoms with E-state index in [9.17, 15) is 4.39 Å². The fourth-order valence-electron chi connectivity index (χ4n) is 3.16. The molecule has 1 aliphatic rings. The third-order valence-electron chi connectivity index (χ3n) is 4.34. The van der Waals surface area contributed by atoms with Crippen molar-refractivity contribution in [3.05, 3.63) is 65.5 Å². The van der Waals surface area contributed by atoms with Gasteiger partial charge in [0.05, 0.1) is 7.11 Å². The molecule has 3 heteroatoms. The molecule has 1 N–H and O–H groups in total. The van der Waals surface area contributed by atoms with Gasteiger partial charge in [-0.3, -0.25) is 0 Å². The van der Waals surface area contributed by atoms with E-state index in [1.807, 2.05) is 19.2 Å². The lowest BCUT2D eigenvalue weighted by atomic mass is 9.98. The Morgan fingerprint density at radius 1 is 1.19 bits per heavy atom. The van der Waals surface area contributed by atoms with Gasteiger partial charge >= 0.3 is 0 Å². The molecule has 0 radical (unpaired) electrons. The SMILES string of the molecule is CNC(c1ccc(F)c(OC)c1)C1CC1c1ccccc1. The maximum atomic E-state index is 13.6. The topological polar surface area (TPSA) is 21.3 Å². The Bertz CT molecular complexity index is 614. The van der Waals surface area contributed by atoms with E-state index in [1.54, 1.807) is 6.07 Å². The van der Waals surface area contributed by atoms with E-state index in [0.29, 0.717) is 17.6 Å². The van der Waals surface area contributed by atoms with Gasteiger partial charge in [0.1, 0.15) is 0 Å². The number of halogens is 1. The number of hydrogen-bond donors (Lipinski definition) is 1. The summed E-state index contributed by atoms with van der Waals surface area (Å²) in [5.41, 5.74) is 2.47. The molecule has 110 valence electrons. The predicted molar refractivity (Wildman–Crippen MR) is 82.0 cm³/mol. The Balaban J connectivity index is 1.81. The van der Waals surface area contributed by atoms with Gasteiger partial charge in [-0.1, -0.05) is 36.4 Å². The standard InChI is InChI=1S/C18H20FNO/c1-20-18(13-8-9-16(19)17(10-13)21-2)15-11-14(15)12-6-4-3-5-7-12/h3-10,14-15,18,20H,11H2,1-2H3. The Morgan fingerprint density at radius 2 is 1.95 bits per heavy atom. The second-order valence-corrected chi connectivity index (χ2v) is 5.58. The van der Waals surface area contributed by atoms with Crippen LogP contribution in [0.4, 0.5) is 4.39 Å². The highest BCUT2D eigenvalue weighted by Gasteiger charge is 2.43. The zero-order chi connectivity index (χ0) is 14.8. The molecule has 1 saturated carbocycles. The normalized spacial score (nSPS) is 21.9. The van der Waals surface area contributed by atoms with Gasteiger partial charge in [-0.05, 0) is 48.6 Å². The molecule has 2 aromatic carbocycles. The average Bonchev–Trinajstić information content (AvgIpc) is 3.31. The first-order valence-corrected chi connectivity index (χ1v) is 7.30. The van der Waals surface area contributed by atoms with E-state index in [2.05, 4.69) is 29.6 Å². The largest absolute Gasteiger partial charge is 0.494 e. The van der Waals surface area contributed by atoms with Gasteiger partial charge in [-0.15, -0.1) is 0 Å². The van der Waals surface area contributed by atoms with Gasteiger partial charge in [0.25, 0.3) is 0 Å². The summed E-state index contributed by atoms with van der Waals surface area (Å²) in [5, 5.41) is 3.37. The van der Waals surface area contributed by atoms with Crippen LogP contribution < -0.4 is 10.1 Å². The van der Waals surface area contributed by atoms with Crippen molar-refractivity contribution in [3.8, 4) is 5.75 Å². The first-order chi connectivity index (χ1) is 10.2. The molecular formula is C18H20FNO. The first kappa shape index (κ1) is 14.1. The fraction of sp³-hybridized carbons (Fsp3) is 0.333. The lowest BCUT2D eigenvalue weighted by molar-refractivity contribution is 0.384. The average molecular weight is 285 g/mol. The Labute approximate surface area is 125 Å². The molecule has 0 aliphatic heterocycles. The van der Waals surface area contributed by atoms with Crippen molar-refractivity contribution < 1.29 is 9.13 Å². The van der Waals surface area contributed by atoms with Crippen LogP contribution in [0.1, 0.15) is 29.5 Å². The fourth-order valence-corrected chi connectivity index (χ4v) is 3.16. The van der Waals surface area contributed by atoms with E-state index in [0.717, 1.165) is 12.0 Å². The summed E-state index contributed by atoms with van der Waals surface area (Å²) in [4.78, 5) is 0. The van der Waals surface area contributed by atoms with E-state index in [1.165, 1.54) is 18.7 Å². The smallest absolute Gasteiger partial charge is 0.165 e. The van der Waals surface area contributed by atoms with Gasteiger partial charge in [0, 0.05) is 6.04 Å². The van der Waals surface area contributed by atoms with E-state index < -0.39 is 0 Å². The van der Waals surface area contributed by atoms with Crippen LogP contribution in [0.2, 0.25) is 0 Å². The maximum Gasteiger partial charge on any atom is 0.165 e. The molecular weight excluding hydrogens is 265 g/mol. The van der Waals surface area contributed by atoms with Gasteiger partial charge in [0.15, 0.2) is 11.6 Å². The summed E-state index contributed by atoms with van der Waals surface area (Å²) >= 11 is 0. The van der Waals surface area contributed by atoms with E-state index >= 15 is 0 Å². The second kappa shape index (κ2) is 5.86. The minimum atomic E-state index is -0.313. The van der Waals surface area contributed by atoms with Crippen LogP contribution in [0.15, 0.2) is 48.5 Å². The van der Waals surface area contributed by atoms with E-state index in [-0.39, 0.29) is 11.9 Å². The monoisotopic (exact) mass is 285 g/mol. The van der Waals surface area contributed by atoms with Crippen molar-refractivity contribution in [2.75, 3.05) is 14.2 Å². The molecule has 0 saturated heterocycles. The minimum absolute atomic E-state index is 0.227. The lowest BCUT2D eigenvalue weighted by Gasteiger charge is -2.18. The summed E-state index contributed by atoms with van der Waals surface area (Å²) in [6.07, 6.45) is 1.16. The third kappa shape index (κ3) is 2.79. The zero-order valence-electron chi connectivity index (χ0n) is 12.3. The van der Waals surface area contributed by atoms with Crippen LogP contribution in [0.5, 0.6) is 5.75 Å². The molecule has 2 nitrogen and oxygen atoms in total.